The van der Waals surface area contributed by atoms with Gasteiger partial charge in [-0.15, -0.1) is 0 Å². The Balaban J connectivity index is 1.03. The number of nitrogens with one attached hydrogen (secondary N) is 5. The first-order chi connectivity index (χ1) is 28.6. The number of benzene rings is 3. The molecule has 2 unspecified atom stereocenters. The van der Waals surface area contributed by atoms with Gasteiger partial charge in [0.2, 0.25) is 11.9 Å². The van der Waals surface area contributed by atoms with Gasteiger partial charge in [0.25, 0.3) is 5.91 Å². The van der Waals surface area contributed by atoms with Crippen LogP contribution in [0.5, 0.6) is 6.01 Å². The number of aromatic nitrogens is 3. The number of anilines is 5. The van der Waals surface area contributed by atoms with E-state index >= 15 is 0 Å². The molecule has 4 aromatic rings. The third-order valence-electron chi connectivity index (χ3n) is 9.51. The molecule has 3 aromatic carbocycles. The summed E-state index contributed by atoms with van der Waals surface area (Å²) >= 11 is 6.04. The monoisotopic (exact) mass is 853 g/mol. The highest BCUT2D eigenvalue weighted by Crippen LogP contribution is 2.48. The van der Waals surface area contributed by atoms with Crippen molar-refractivity contribution in [3.05, 3.63) is 88.9 Å². The van der Waals surface area contributed by atoms with E-state index in [9.17, 15) is 32.3 Å². The lowest BCUT2D eigenvalue weighted by molar-refractivity contribution is -0.154. The summed E-state index contributed by atoms with van der Waals surface area (Å²) in [7, 11) is 1.14. The minimum Gasteiger partial charge on any atom is -0.467 e. The first kappa shape index (κ1) is 43.4. The van der Waals surface area contributed by atoms with Crippen molar-refractivity contribution in [2.45, 2.75) is 63.1 Å². The molecule has 0 bridgehead atoms. The summed E-state index contributed by atoms with van der Waals surface area (Å²) in [5.41, 5.74) is 2.19. The van der Waals surface area contributed by atoms with Gasteiger partial charge in [-0.3, -0.25) is 14.4 Å². The molecule has 2 fully saturated rings. The molecular weight excluding hydrogens is 811 g/mol. The van der Waals surface area contributed by atoms with E-state index in [0.717, 1.165) is 31.5 Å². The number of carbonyl (C=O) groups excluding carboxylic acids is 4. The van der Waals surface area contributed by atoms with Crippen LogP contribution < -0.4 is 36.2 Å². The topological polar surface area (TPSA) is 198 Å². The predicted molar refractivity (Wildman–Crippen MR) is 215 cm³/mol. The Kier molecular flexibility index (Phi) is 13.6. The molecule has 318 valence electrons. The average Bonchev–Trinajstić information content (AvgIpc) is 3.99. The van der Waals surface area contributed by atoms with Gasteiger partial charge in [0.15, 0.2) is 6.61 Å². The van der Waals surface area contributed by atoms with Crippen molar-refractivity contribution in [2.75, 3.05) is 54.2 Å². The lowest BCUT2D eigenvalue weighted by Crippen LogP contribution is -2.45. The minimum absolute atomic E-state index is 0.0299. The van der Waals surface area contributed by atoms with E-state index in [1.807, 2.05) is 38.1 Å². The fourth-order valence-corrected chi connectivity index (χ4v) is 6.61. The highest BCUT2D eigenvalue weighted by molar-refractivity contribution is 6.39. The number of hydrogen-bond donors (Lipinski definition) is 5. The molecule has 20 heteroatoms. The van der Waals surface area contributed by atoms with E-state index in [0.29, 0.717) is 29.2 Å². The number of esters is 1. The van der Waals surface area contributed by atoms with Gasteiger partial charge in [-0.25, -0.2) is 4.79 Å². The lowest BCUT2D eigenvalue weighted by Gasteiger charge is -2.36. The largest absolute Gasteiger partial charge is 0.467 e. The van der Waals surface area contributed by atoms with E-state index in [1.165, 1.54) is 24.3 Å². The number of hydrogen-bond acceptors (Lipinski definition) is 13. The Morgan fingerprint density at radius 1 is 0.883 bits per heavy atom. The minimum atomic E-state index is -4.64. The first-order valence-corrected chi connectivity index (χ1v) is 19.3. The maximum absolute atomic E-state index is 13.2. The third-order valence-corrected chi connectivity index (χ3v) is 9.76. The average molecular weight is 854 g/mol. The van der Waals surface area contributed by atoms with Gasteiger partial charge in [0.1, 0.15) is 6.04 Å². The van der Waals surface area contributed by atoms with Crippen molar-refractivity contribution in [1.29, 1.82) is 0 Å². The van der Waals surface area contributed by atoms with Crippen LogP contribution in [0.1, 0.15) is 49.0 Å². The summed E-state index contributed by atoms with van der Waals surface area (Å²) in [5.74, 6) is -3.46. The number of carbonyl (C=O) groups is 4. The number of morpholine rings is 1. The van der Waals surface area contributed by atoms with Crippen molar-refractivity contribution in [2.24, 2.45) is 0 Å². The number of halogens is 4. The second-order valence-corrected chi connectivity index (χ2v) is 14.8. The molecule has 2 heterocycles. The molecule has 6 rings (SSSR count). The Hall–Kier alpha value is -6.21. The number of methoxy groups -OCH3 is 1. The summed E-state index contributed by atoms with van der Waals surface area (Å²) in [5, 5.41) is 14.2. The molecule has 5 N–H and O–H groups in total. The Bertz CT molecular complexity index is 2150. The van der Waals surface area contributed by atoms with Gasteiger partial charge >= 0.3 is 30.0 Å². The standard InChI is InChI=1S/C40H43ClF3N9O7/c1-23-20-53(21-24(2)60-23)30-14-12-28(13-15-30)46-34(56)33(55)45-19-16-31(35(57)58-3)48-32(54)25-4-10-29(11-5-25)47-36-49-37(51-38(50-36)59-22-40(42,43)44)52-39(17-18-39)26-6-8-27(41)9-7-26/h4-15,23-24,31H,16-22H2,1-3H3,(H,45,55)(H,46,56)(H,48,54)(H2,47,49,50,51,52)/t23?,24?,31-/m0/s1. The fourth-order valence-electron chi connectivity index (χ4n) is 6.48. The van der Waals surface area contributed by atoms with Crippen molar-refractivity contribution in [3.8, 4) is 6.01 Å². The van der Waals surface area contributed by atoms with Gasteiger partial charge in [-0.2, -0.15) is 28.1 Å². The lowest BCUT2D eigenvalue weighted by atomic mass is 10.1. The number of nitrogens with zero attached hydrogens (tertiary/aromatic N) is 4. The molecule has 1 aliphatic carbocycles. The zero-order valence-corrected chi connectivity index (χ0v) is 33.5. The summed E-state index contributed by atoms with van der Waals surface area (Å²) in [4.78, 5) is 65.5. The van der Waals surface area contributed by atoms with E-state index < -0.39 is 54.1 Å². The second kappa shape index (κ2) is 18.8. The van der Waals surface area contributed by atoms with E-state index in [1.54, 1.807) is 24.3 Å². The molecule has 1 saturated carbocycles. The van der Waals surface area contributed by atoms with Crippen LogP contribution in [0.25, 0.3) is 0 Å². The zero-order chi connectivity index (χ0) is 43.0. The summed E-state index contributed by atoms with van der Waals surface area (Å²) in [6.07, 6.45) is -3.17. The highest BCUT2D eigenvalue weighted by Gasteiger charge is 2.45. The molecule has 0 radical (unpaired) electrons. The second-order valence-electron chi connectivity index (χ2n) is 14.3. The summed E-state index contributed by atoms with van der Waals surface area (Å²) in [6.45, 7) is 3.68. The van der Waals surface area contributed by atoms with Crippen LogP contribution in [0.15, 0.2) is 72.8 Å². The SMILES string of the molecule is COC(=O)[C@H](CCNC(=O)C(=O)Nc1ccc(N2CC(C)OC(C)C2)cc1)NC(=O)c1ccc(Nc2nc(NC3(c4ccc(Cl)cc4)CC3)nc(OCC(F)(F)F)n2)cc1. The Labute approximate surface area is 347 Å². The quantitative estimate of drug-likeness (QED) is 0.0760. The first-order valence-electron chi connectivity index (χ1n) is 18.9. The van der Waals surface area contributed by atoms with Crippen molar-refractivity contribution >= 4 is 64.3 Å². The van der Waals surface area contributed by atoms with Crippen LogP contribution in [-0.2, 0) is 29.4 Å². The Morgan fingerprint density at radius 3 is 2.13 bits per heavy atom. The van der Waals surface area contributed by atoms with Gasteiger partial charge in [0, 0.05) is 47.3 Å². The molecule has 1 aliphatic heterocycles. The van der Waals surface area contributed by atoms with Crippen LogP contribution in [0.4, 0.5) is 42.1 Å². The summed E-state index contributed by atoms with van der Waals surface area (Å²) in [6, 6.07) is 18.3. The molecular formula is C40H43ClF3N9O7. The molecule has 3 amide bonds. The smallest absolute Gasteiger partial charge is 0.422 e. The maximum atomic E-state index is 13.2. The number of alkyl halides is 3. The van der Waals surface area contributed by atoms with Crippen molar-refractivity contribution in [3.63, 3.8) is 0 Å². The van der Waals surface area contributed by atoms with E-state index in [-0.39, 0.29) is 42.6 Å². The molecule has 1 aromatic heterocycles. The summed E-state index contributed by atoms with van der Waals surface area (Å²) < 4.78 is 54.4. The van der Waals surface area contributed by atoms with Gasteiger partial charge in [0.05, 0.1) is 24.9 Å². The molecule has 60 heavy (non-hydrogen) atoms. The normalized spacial score (nSPS) is 17.4. The molecule has 2 aliphatic rings. The fraction of sp³-hybridized carbons (Fsp3) is 0.375. The molecule has 1 saturated heterocycles. The maximum Gasteiger partial charge on any atom is 0.422 e. The van der Waals surface area contributed by atoms with Crippen LogP contribution >= 0.6 is 11.6 Å². The van der Waals surface area contributed by atoms with Crippen LogP contribution in [0, 0.1) is 0 Å². The van der Waals surface area contributed by atoms with Crippen LogP contribution in [-0.4, -0.2) is 96.4 Å². The third kappa shape index (κ3) is 11.9. The van der Waals surface area contributed by atoms with Crippen molar-refractivity contribution < 1.29 is 46.6 Å². The van der Waals surface area contributed by atoms with Crippen LogP contribution in [0.3, 0.4) is 0 Å². The predicted octanol–water partition coefficient (Wildman–Crippen LogP) is 5.34. The van der Waals surface area contributed by atoms with Gasteiger partial charge in [-0.05, 0) is 99.3 Å². The van der Waals surface area contributed by atoms with E-state index in [2.05, 4.69) is 46.4 Å². The van der Waals surface area contributed by atoms with Crippen LogP contribution in [0.2, 0.25) is 5.02 Å². The highest BCUT2D eigenvalue weighted by atomic mass is 35.5. The molecule has 16 nitrogen and oxygen atoms in total. The number of rotatable bonds is 15. The van der Waals surface area contributed by atoms with Gasteiger partial charge in [-0.1, -0.05) is 23.7 Å². The number of ether oxygens (including phenoxy) is 3. The zero-order valence-electron chi connectivity index (χ0n) is 32.8. The molecule has 3 atom stereocenters. The Morgan fingerprint density at radius 2 is 1.52 bits per heavy atom. The van der Waals surface area contributed by atoms with E-state index in [4.69, 9.17) is 25.8 Å². The number of amides is 3. The van der Waals surface area contributed by atoms with Gasteiger partial charge < -0.3 is 45.7 Å². The van der Waals surface area contributed by atoms with Crippen molar-refractivity contribution in [1.82, 2.24) is 25.6 Å². The molecule has 0 spiro atoms.